The largest absolute Gasteiger partial charge is 0.455 e. The monoisotopic (exact) mass is 370 g/mol. The summed E-state index contributed by atoms with van der Waals surface area (Å²) in [7, 11) is 0. The van der Waals surface area contributed by atoms with Gasteiger partial charge in [-0.3, -0.25) is 19.3 Å². The SMILES string of the molecule is C[C@@H]1C[C@@H]1C(=O)OCC(=O)N1c2ccccc2NC(=O)C[C@@H]1C(F)(F)F. The first-order valence-electron chi connectivity index (χ1n) is 8.12. The molecular weight excluding hydrogens is 353 g/mol. The lowest BCUT2D eigenvalue weighted by atomic mass is 10.1. The van der Waals surface area contributed by atoms with Crippen molar-refractivity contribution in [3.63, 3.8) is 0 Å². The highest BCUT2D eigenvalue weighted by atomic mass is 19.4. The van der Waals surface area contributed by atoms with Crippen LogP contribution in [0.15, 0.2) is 24.3 Å². The first-order valence-corrected chi connectivity index (χ1v) is 8.12. The van der Waals surface area contributed by atoms with Crippen molar-refractivity contribution in [3.05, 3.63) is 24.3 Å². The molecule has 0 unspecified atom stereocenters. The van der Waals surface area contributed by atoms with Crippen molar-refractivity contribution in [3.8, 4) is 0 Å². The van der Waals surface area contributed by atoms with Crippen molar-refractivity contribution in [1.82, 2.24) is 0 Å². The van der Waals surface area contributed by atoms with E-state index in [4.69, 9.17) is 4.74 Å². The van der Waals surface area contributed by atoms with Crippen LogP contribution >= 0.6 is 0 Å². The van der Waals surface area contributed by atoms with E-state index >= 15 is 0 Å². The Morgan fingerprint density at radius 3 is 2.58 bits per heavy atom. The third-order valence-corrected chi connectivity index (χ3v) is 4.52. The molecule has 3 atom stereocenters. The van der Waals surface area contributed by atoms with Crippen LogP contribution in [0.4, 0.5) is 24.5 Å². The van der Waals surface area contributed by atoms with Gasteiger partial charge in [-0.25, -0.2) is 0 Å². The van der Waals surface area contributed by atoms with Gasteiger partial charge in [0, 0.05) is 0 Å². The number of nitrogens with zero attached hydrogens (tertiary/aromatic N) is 1. The number of para-hydroxylation sites is 2. The van der Waals surface area contributed by atoms with Crippen molar-refractivity contribution in [2.75, 3.05) is 16.8 Å². The van der Waals surface area contributed by atoms with Crippen LogP contribution in [0.25, 0.3) is 0 Å². The third-order valence-electron chi connectivity index (χ3n) is 4.52. The summed E-state index contributed by atoms with van der Waals surface area (Å²) in [6, 6.07) is 3.37. The van der Waals surface area contributed by atoms with Crippen LogP contribution in [0.5, 0.6) is 0 Å². The molecule has 140 valence electrons. The molecule has 0 aromatic heterocycles. The quantitative estimate of drug-likeness (QED) is 0.830. The summed E-state index contributed by atoms with van der Waals surface area (Å²) in [5.41, 5.74) is 0.0151. The normalized spacial score (nSPS) is 25.0. The fourth-order valence-corrected chi connectivity index (χ4v) is 2.96. The fraction of sp³-hybridized carbons (Fsp3) is 0.471. The minimum absolute atomic E-state index is 0.0819. The van der Waals surface area contributed by atoms with Gasteiger partial charge in [0.15, 0.2) is 6.61 Å². The molecule has 0 bridgehead atoms. The van der Waals surface area contributed by atoms with Crippen molar-refractivity contribution in [2.24, 2.45) is 11.8 Å². The minimum Gasteiger partial charge on any atom is -0.455 e. The number of benzene rings is 1. The van der Waals surface area contributed by atoms with Gasteiger partial charge in [-0.1, -0.05) is 19.1 Å². The molecule has 1 saturated carbocycles. The maximum atomic E-state index is 13.5. The highest BCUT2D eigenvalue weighted by Gasteiger charge is 2.49. The van der Waals surface area contributed by atoms with E-state index in [2.05, 4.69) is 5.32 Å². The van der Waals surface area contributed by atoms with Crippen LogP contribution in [0, 0.1) is 11.8 Å². The maximum absolute atomic E-state index is 13.5. The molecule has 1 heterocycles. The summed E-state index contributed by atoms with van der Waals surface area (Å²) in [5, 5.41) is 2.37. The van der Waals surface area contributed by atoms with Crippen LogP contribution in [-0.2, 0) is 19.1 Å². The van der Waals surface area contributed by atoms with Gasteiger partial charge in [0.05, 0.1) is 23.7 Å². The Balaban J connectivity index is 1.87. The average molecular weight is 370 g/mol. The number of carbonyl (C=O) groups excluding carboxylic acids is 3. The maximum Gasteiger partial charge on any atom is 0.409 e. The third kappa shape index (κ3) is 3.66. The van der Waals surface area contributed by atoms with Crippen molar-refractivity contribution in [1.29, 1.82) is 0 Å². The van der Waals surface area contributed by atoms with E-state index in [1.54, 1.807) is 0 Å². The molecule has 0 saturated heterocycles. The molecule has 1 aromatic rings. The number of rotatable bonds is 3. The van der Waals surface area contributed by atoms with Crippen LogP contribution in [-0.4, -0.2) is 36.6 Å². The van der Waals surface area contributed by atoms with Crippen molar-refractivity contribution >= 4 is 29.2 Å². The summed E-state index contributed by atoms with van der Waals surface area (Å²) in [6.45, 7) is 1.03. The van der Waals surface area contributed by atoms with E-state index in [9.17, 15) is 27.6 Å². The standard InChI is InChI=1S/C17H17F3N2O4/c1-9-6-10(9)16(25)26-8-15(24)22-12-5-3-2-4-11(12)21-14(23)7-13(22)17(18,19)20/h2-5,9-10,13H,6-8H2,1H3,(H,21,23)/t9-,10+,13-/m1/s1. The number of carbonyl (C=O) groups is 3. The number of anilines is 2. The molecule has 6 nitrogen and oxygen atoms in total. The highest BCUT2D eigenvalue weighted by Crippen LogP contribution is 2.39. The van der Waals surface area contributed by atoms with Gasteiger partial charge >= 0.3 is 12.1 Å². The Morgan fingerprint density at radius 2 is 1.96 bits per heavy atom. The number of amides is 2. The topological polar surface area (TPSA) is 75.7 Å². The lowest BCUT2D eigenvalue weighted by Gasteiger charge is -2.31. The van der Waals surface area contributed by atoms with E-state index in [0.29, 0.717) is 11.3 Å². The Bertz CT molecular complexity index is 750. The van der Waals surface area contributed by atoms with Crippen molar-refractivity contribution in [2.45, 2.75) is 32.0 Å². The van der Waals surface area contributed by atoms with Gasteiger partial charge in [-0.2, -0.15) is 13.2 Å². The second-order valence-corrected chi connectivity index (χ2v) is 6.52. The number of hydrogen-bond donors (Lipinski definition) is 1. The molecule has 0 radical (unpaired) electrons. The summed E-state index contributed by atoms with van der Waals surface area (Å²) in [4.78, 5) is 36.6. The van der Waals surface area contributed by atoms with Gasteiger partial charge in [0.25, 0.3) is 5.91 Å². The summed E-state index contributed by atoms with van der Waals surface area (Å²) >= 11 is 0. The molecule has 26 heavy (non-hydrogen) atoms. The van der Waals surface area contributed by atoms with Crippen LogP contribution in [0.3, 0.4) is 0 Å². The lowest BCUT2D eigenvalue weighted by molar-refractivity contribution is -0.160. The fourth-order valence-electron chi connectivity index (χ4n) is 2.96. The van der Waals surface area contributed by atoms with E-state index in [1.165, 1.54) is 24.3 Å². The number of nitrogens with one attached hydrogen (secondary N) is 1. The minimum atomic E-state index is -4.82. The predicted molar refractivity (Wildman–Crippen MR) is 85.2 cm³/mol. The van der Waals surface area contributed by atoms with Gasteiger partial charge in [-0.05, 0) is 24.5 Å². The highest BCUT2D eigenvalue weighted by molar-refractivity contribution is 6.05. The Morgan fingerprint density at radius 1 is 1.31 bits per heavy atom. The smallest absolute Gasteiger partial charge is 0.409 e. The number of esters is 1. The number of alkyl halides is 3. The molecule has 1 fully saturated rings. The molecule has 2 amide bonds. The zero-order chi connectivity index (χ0) is 19.1. The molecule has 1 N–H and O–H groups in total. The summed E-state index contributed by atoms with van der Waals surface area (Å²) < 4.78 is 45.4. The van der Waals surface area contributed by atoms with E-state index in [1.807, 2.05) is 6.92 Å². The second kappa shape index (κ2) is 6.62. The van der Waals surface area contributed by atoms with E-state index in [-0.39, 0.29) is 23.2 Å². The number of ether oxygens (including phenoxy) is 1. The first kappa shape index (κ1) is 18.2. The van der Waals surface area contributed by atoms with Gasteiger partial charge in [0.2, 0.25) is 5.91 Å². The number of halogens is 3. The van der Waals surface area contributed by atoms with Crippen LogP contribution in [0.1, 0.15) is 19.8 Å². The number of fused-ring (bicyclic) bond motifs is 1. The van der Waals surface area contributed by atoms with E-state index < -0.39 is 43.0 Å². The van der Waals surface area contributed by atoms with Crippen molar-refractivity contribution < 1.29 is 32.3 Å². The molecule has 1 aromatic carbocycles. The van der Waals surface area contributed by atoms with Gasteiger partial charge in [-0.15, -0.1) is 0 Å². The van der Waals surface area contributed by atoms with Gasteiger partial charge < -0.3 is 10.1 Å². The number of hydrogen-bond acceptors (Lipinski definition) is 4. The second-order valence-electron chi connectivity index (χ2n) is 6.52. The molecule has 2 aliphatic rings. The predicted octanol–water partition coefficient (Wildman–Crippen LogP) is 2.49. The molecule has 0 spiro atoms. The van der Waals surface area contributed by atoms with Gasteiger partial charge in [0.1, 0.15) is 6.04 Å². The zero-order valence-corrected chi connectivity index (χ0v) is 13.9. The Labute approximate surface area is 147 Å². The van der Waals surface area contributed by atoms with E-state index in [0.717, 1.165) is 0 Å². The summed E-state index contributed by atoms with van der Waals surface area (Å²) in [6.07, 6.45) is -5.11. The Hall–Kier alpha value is -2.58. The Kier molecular flexibility index (Phi) is 4.64. The molecule has 1 aliphatic heterocycles. The average Bonchev–Trinajstić information content (AvgIpc) is 3.31. The zero-order valence-electron chi connectivity index (χ0n) is 13.9. The first-order chi connectivity index (χ1) is 12.2. The van der Waals surface area contributed by atoms with Crippen LogP contribution < -0.4 is 10.2 Å². The summed E-state index contributed by atoms with van der Waals surface area (Å²) in [5.74, 6) is -2.62. The molecule has 9 heteroatoms. The molecular formula is C17H17F3N2O4. The lowest BCUT2D eigenvalue weighted by Crippen LogP contribution is -2.51. The molecule has 1 aliphatic carbocycles. The molecule has 3 rings (SSSR count). The van der Waals surface area contributed by atoms with Crippen LogP contribution in [0.2, 0.25) is 0 Å².